The van der Waals surface area contributed by atoms with E-state index in [-0.39, 0.29) is 17.3 Å². The Kier molecular flexibility index (Phi) is 5.63. The number of alkyl halides is 3. The summed E-state index contributed by atoms with van der Waals surface area (Å²) in [5, 5.41) is 13.9. The van der Waals surface area contributed by atoms with E-state index in [1.54, 1.807) is 18.2 Å². The van der Waals surface area contributed by atoms with Crippen molar-refractivity contribution in [1.29, 1.82) is 0 Å². The first-order chi connectivity index (χ1) is 11.8. The molecule has 0 amide bonds. The number of hydrogen-bond donors (Lipinski definition) is 2. The van der Waals surface area contributed by atoms with Gasteiger partial charge in [-0.1, -0.05) is 6.08 Å². The van der Waals surface area contributed by atoms with Gasteiger partial charge in [-0.05, 0) is 36.2 Å². The number of phenols is 1. The third kappa shape index (κ3) is 4.72. The van der Waals surface area contributed by atoms with Crippen LogP contribution >= 0.6 is 0 Å². The minimum atomic E-state index is -4.43. The molecule has 2 rings (SSSR count). The number of ether oxygens (including phenoxy) is 1. The Morgan fingerprint density at radius 2 is 2.12 bits per heavy atom. The topological polar surface area (TPSA) is 66.7 Å². The summed E-state index contributed by atoms with van der Waals surface area (Å²) in [4.78, 5) is 3.65. The number of allylic oxidation sites excluding steroid dienone is 1. The highest BCUT2D eigenvalue weighted by molar-refractivity contribution is 5.82. The molecule has 0 bridgehead atoms. The van der Waals surface area contributed by atoms with Crippen molar-refractivity contribution in [3.05, 3.63) is 59.8 Å². The summed E-state index contributed by atoms with van der Waals surface area (Å²) in [6, 6.07) is 5.37. The van der Waals surface area contributed by atoms with E-state index in [0.29, 0.717) is 17.5 Å². The summed E-state index contributed by atoms with van der Waals surface area (Å²) in [6.45, 7) is 3.62. The summed E-state index contributed by atoms with van der Waals surface area (Å²) >= 11 is 0. The summed E-state index contributed by atoms with van der Waals surface area (Å²) in [5.74, 6) is 0.478. The molecule has 132 valence electrons. The number of nitrogens with zero attached hydrogens (tertiary/aromatic N) is 2. The van der Waals surface area contributed by atoms with E-state index < -0.39 is 11.7 Å². The van der Waals surface area contributed by atoms with E-state index in [1.807, 2.05) is 0 Å². The number of phenolic OH excluding ortho intramolecular Hbond substituents is 1. The first-order valence-electron chi connectivity index (χ1n) is 7.18. The number of hydrazone groups is 1. The van der Waals surface area contributed by atoms with Crippen molar-refractivity contribution in [1.82, 2.24) is 4.98 Å². The number of aromatic hydroxyl groups is 1. The van der Waals surface area contributed by atoms with Gasteiger partial charge in [0.15, 0.2) is 11.5 Å². The van der Waals surface area contributed by atoms with Crippen molar-refractivity contribution in [3.8, 4) is 11.5 Å². The molecule has 0 aliphatic heterocycles. The SMILES string of the molecule is C=CCc1cc(/C=N\Nc2ccc(C(F)(F)F)cn2)cc(OC)c1O. The van der Waals surface area contributed by atoms with Crippen molar-refractivity contribution >= 4 is 12.0 Å². The fourth-order valence-corrected chi connectivity index (χ4v) is 2.03. The Balaban J connectivity index is 2.14. The van der Waals surface area contributed by atoms with Crippen LogP contribution in [0.3, 0.4) is 0 Å². The van der Waals surface area contributed by atoms with Crippen molar-refractivity contribution in [3.63, 3.8) is 0 Å². The van der Waals surface area contributed by atoms with Crippen LogP contribution in [0.2, 0.25) is 0 Å². The van der Waals surface area contributed by atoms with Gasteiger partial charge in [0.2, 0.25) is 0 Å². The normalized spacial score (nSPS) is 11.5. The monoisotopic (exact) mass is 351 g/mol. The number of aromatic nitrogens is 1. The maximum Gasteiger partial charge on any atom is 0.417 e. The third-order valence-corrected chi connectivity index (χ3v) is 3.24. The van der Waals surface area contributed by atoms with Crippen LogP contribution in [0.15, 0.2) is 48.2 Å². The lowest BCUT2D eigenvalue weighted by Gasteiger charge is -2.09. The second-order valence-corrected chi connectivity index (χ2v) is 5.02. The molecule has 0 fully saturated rings. The zero-order valence-electron chi connectivity index (χ0n) is 13.3. The molecule has 0 radical (unpaired) electrons. The molecule has 0 spiro atoms. The van der Waals surface area contributed by atoms with Crippen LogP contribution in [0.4, 0.5) is 19.0 Å². The number of methoxy groups -OCH3 is 1. The highest BCUT2D eigenvalue weighted by Crippen LogP contribution is 2.31. The van der Waals surface area contributed by atoms with Gasteiger partial charge in [-0.25, -0.2) is 4.98 Å². The van der Waals surface area contributed by atoms with Crippen LogP contribution in [0.5, 0.6) is 11.5 Å². The minimum absolute atomic E-state index is 0.0249. The lowest BCUT2D eigenvalue weighted by atomic mass is 10.1. The van der Waals surface area contributed by atoms with E-state index in [4.69, 9.17) is 4.74 Å². The first kappa shape index (κ1) is 18.3. The molecular formula is C17H16F3N3O2. The van der Waals surface area contributed by atoms with Crippen LogP contribution < -0.4 is 10.2 Å². The van der Waals surface area contributed by atoms with Crippen molar-refractivity contribution in [2.75, 3.05) is 12.5 Å². The first-order valence-corrected chi connectivity index (χ1v) is 7.18. The molecule has 0 aliphatic carbocycles. The van der Waals surface area contributed by atoms with Gasteiger partial charge in [0.05, 0.1) is 18.9 Å². The Morgan fingerprint density at radius 3 is 2.68 bits per heavy atom. The van der Waals surface area contributed by atoms with E-state index >= 15 is 0 Å². The predicted octanol–water partition coefficient (Wildman–Crippen LogP) is 3.99. The fraction of sp³-hybridized carbons (Fsp3) is 0.176. The minimum Gasteiger partial charge on any atom is -0.504 e. The summed E-state index contributed by atoms with van der Waals surface area (Å²) in [7, 11) is 1.43. The number of benzene rings is 1. The number of rotatable bonds is 6. The number of nitrogens with one attached hydrogen (secondary N) is 1. The zero-order chi connectivity index (χ0) is 18.4. The maximum atomic E-state index is 12.5. The molecule has 8 heteroatoms. The molecule has 0 saturated carbocycles. The van der Waals surface area contributed by atoms with Gasteiger partial charge in [0, 0.05) is 11.8 Å². The van der Waals surface area contributed by atoms with Crippen LogP contribution in [0.1, 0.15) is 16.7 Å². The number of pyridine rings is 1. The number of anilines is 1. The lowest BCUT2D eigenvalue weighted by molar-refractivity contribution is -0.137. The lowest BCUT2D eigenvalue weighted by Crippen LogP contribution is -2.05. The van der Waals surface area contributed by atoms with Crippen LogP contribution in [0, 0.1) is 0 Å². The summed E-state index contributed by atoms with van der Waals surface area (Å²) in [6.07, 6.45) is -0.186. The van der Waals surface area contributed by atoms with Crippen molar-refractivity contribution in [2.45, 2.75) is 12.6 Å². The number of hydrogen-bond acceptors (Lipinski definition) is 5. The highest BCUT2D eigenvalue weighted by atomic mass is 19.4. The molecule has 0 aliphatic rings. The summed E-state index contributed by atoms with van der Waals surface area (Å²) < 4.78 is 42.5. The second kappa shape index (κ2) is 7.69. The van der Waals surface area contributed by atoms with Gasteiger partial charge in [-0.2, -0.15) is 18.3 Å². The third-order valence-electron chi connectivity index (χ3n) is 3.24. The fourth-order valence-electron chi connectivity index (χ4n) is 2.03. The molecule has 5 nitrogen and oxygen atoms in total. The maximum absolute atomic E-state index is 12.5. The van der Waals surface area contributed by atoms with Crippen LogP contribution in [-0.2, 0) is 12.6 Å². The Labute approximate surface area is 142 Å². The molecule has 1 aromatic heterocycles. The van der Waals surface area contributed by atoms with E-state index in [0.717, 1.165) is 12.3 Å². The molecule has 1 aromatic carbocycles. The van der Waals surface area contributed by atoms with E-state index in [9.17, 15) is 18.3 Å². The van der Waals surface area contributed by atoms with Crippen LogP contribution in [-0.4, -0.2) is 23.4 Å². The van der Waals surface area contributed by atoms with Gasteiger partial charge in [-0.15, -0.1) is 6.58 Å². The largest absolute Gasteiger partial charge is 0.504 e. The molecule has 1 heterocycles. The Morgan fingerprint density at radius 1 is 1.36 bits per heavy atom. The smallest absolute Gasteiger partial charge is 0.417 e. The van der Waals surface area contributed by atoms with E-state index in [2.05, 4.69) is 22.1 Å². The van der Waals surface area contributed by atoms with Gasteiger partial charge >= 0.3 is 6.18 Å². The average molecular weight is 351 g/mol. The summed E-state index contributed by atoms with van der Waals surface area (Å²) in [5.41, 5.74) is 2.95. The zero-order valence-corrected chi connectivity index (χ0v) is 13.3. The molecule has 2 N–H and O–H groups in total. The molecular weight excluding hydrogens is 335 g/mol. The Hall–Kier alpha value is -3.03. The standard InChI is InChI=1S/C17H16F3N3O2/c1-3-4-12-7-11(8-14(25-2)16(12)24)9-22-23-15-6-5-13(10-21-15)17(18,19)20/h3,5-10,24H,1,4H2,2H3,(H,21,23)/b22-9-. The predicted molar refractivity (Wildman–Crippen MR) is 89.0 cm³/mol. The molecule has 0 atom stereocenters. The van der Waals surface area contributed by atoms with Gasteiger partial charge in [-0.3, -0.25) is 5.43 Å². The van der Waals surface area contributed by atoms with Gasteiger partial charge < -0.3 is 9.84 Å². The molecule has 0 saturated heterocycles. The quantitative estimate of drug-likeness (QED) is 0.469. The van der Waals surface area contributed by atoms with Crippen LogP contribution in [0.25, 0.3) is 0 Å². The molecule has 25 heavy (non-hydrogen) atoms. The van der Waals surface area contributed by atoms with Gasteiger partial charge in [0.25, 0.3) is 0 Å². The average Bonchev–Trinajstić information content (AvgIpc) is 2.57. The van der Waals surface area contributed by atoms with Gasteiger partial charge in [0.1, 0.15) is 5.82 Å². The van der Waals surface area contributed by atoms with E-state index in [1.165, 1.54) is 19.4 Å². The molecule has 2 aromatic rings. The Bertz CT molecular complexity index is 772. The second-order valence-electron chi connectivity index (χ2n) is 5.02. The molecule has 0 unspecified atom stereocenters. The van der Waals surface area contributed by atoms with Crippen molar-refractivity contribution in [2.24, 2.45) is 5.10 Å². The number of halogens is 3. The highest BCUT2D eigenvalue weighted by Gasteiger charge is 2.30. The van der Waals surface area contributed by atoms with Crippen molar-refractivity contribution < 1.29 is 23.0 Å².